The molecule has 17 N–H and O–H groups in total. The molecule has 11 atom stereocenters. The lowest BCUT2D eigenvalue weighted by Crippen LogP contribution is -2.61. The first-order valence-electron chi connectivity index (χ1n) is 30.8. The van der Waals surface area contributed by atoms with Crippen molar-refractivity contribution in [3.05, 3.63) is 59.7 Å². The van der Waals surface area contributed by atoms with Gasteiger partial charge in [0.05, 0.1) is 6.42 Å². The number of hydrogen-bond acceptors (Lipinski definition) is 18. The largest absolute Gasteiger partial charge is 0.508 e. The maximum atomic E-state index is 14.7. The number of carbonyl (C=O) groups excluding carboxylic acids is 10. The van der Waals surface area contributed by atoms with E-state index in [0.717, 1.165) is 16.7 Å². The number of nitrogens with two attached hydrogens (primary N) is 1. The summed E-state index contributed by atoms with van der Waals surface area (Å²) in [6.07, 6.45) is -5.96. The van der Waals surface area contributed by atoms with Crippen LogP contribution in [0.25, 0.3) is 0 Å². The minimum Gasteiger partial charge on any atom is -0.508 e. The number of likely N-dealkylation sites (tertiary alicyclic amines) is 2. The van der Waals surface area contributed by atoms with Gasteiger partial charge in [-0.05, 0) is 99.6 Å². The van der Waals surface area contributed by atoms with E-state index >= 15 is 0 Å². The molecule has 10 amide bonds. The summed E-state index contributed by atoms with van der Waals surface area (Å²) in [6.45, 7) is 4.34. The van der Waals surface area contributed by atoms with Crippen LogP contribution in [-0.2, 0) is 89.6 Å². The summed E-state index contributed by atoms with van der Waals surface area (Å²) >= 11 is 0. The molecule has 0 aliphatic carbocycles. The normalized spacial score (nSPS) is 17.0. The maximum Gasteiger partial charge on any atom is 0.326 e. The number of amides is 10. The molecule has 520 valence electrons. The molecule has 4 rings (SSSR count). The Labute approximate surface area is 544 Å². The number of aliphatic carboxylic acids is 6. The first kappa shape index (κ1) is 77.0. The number of benzene rings is 2. The summed E-state index contributed by atoms with van der Waals surface area (Å²) in [5.41, 5.74) is 6.96. The number of hydrogen-bond donors (Lipinski definition) is 16. The van der Waals surface area contributed by atoms with Crippen molar-refractivity contribution in [3.8, 4) is 5.75 Å². The molecule has 0 radical (unpaired) electrons. The number of nitrogens with one attached hydrogen (secondary N) is 8. The molecule has 0 aromatic heterocycles. The number of phenols is 1. The molecule has 2 heterocycles. The van der Waals surface area contributed by atoms with Gasteiger partial charge in [-0.1, -0.05) is 44.5 Å². The molecule has 2 saturated heterocycles. The van der Waals surface area contributed by atoms with E-state index in [1.165, 1.54) is 48.5 Å². The number of anilines is 1. The van der Waals surface area contributed by atoms with E-state index < -0.39 is 225 Å². The Bertz CT molecular complexity index is 3150. The third-order valence-electron chi connectivity index (χ3n) is 15.9. The minimum absolute atomic E-state index is 0.0147. The molecule has 0 bridgehead atoms. The fourth-order valence-corrected chi connectivity index (χ4v) is 10.5. The summed E-state index contributed by atoms with van der Waals surface area (Å²) < 4.78 is 0. The molecule has 2 aliphatic rings. The standard InChI is InChI=1S/C61H83N11O23/c1-4-31(2)51(70-58(91)44-8-5-27-71(44)59(92)39(19-24-48(79)80)67-55(88)41(64-45(74)21-26-50(83)84)29-34-11-15-36(73)16-12-34)60(93)72-28-6-7-43(72)57(90)66-38(18-23-47(77)78)54(87)65-37(17-22-46(75)76)53(86)63-32(3)52(85)69-42(30-33-9-13-35(62)14-10-33)56(89)68-40(61(94)95)20-25-49(81)82/h9-16,31-32,37-44,51,73H,4-8,17-30,62H2,1-3H3,(H,63,86)(H,64,74)(H,65,87)(H,66,90)(H,67,88)(H,68,89)(H,69,85)(H,70,91)(H,75,76)(H,77,78)(H,79,80)(H,81,82)(H,83,84)(H,94,95)/t31-,32-,37-,38-,39-,40+,41-,42-,43-,44-,51-/m0/s1. The Kier molecular flexibility index (Phi) is 30.2. The molecule has 0 unspecified atom stereocenters. The van der Waals surface area contributed by atoms with E-state index in [9.17, 15) is 102 Å². The minimum atomic E-state index is -1.80. The number of carboxylic acid groups (broad SMARTS) is 6. The van der Waals surface area contributed by atoms with Gasteiger partial charge in [0.1, 0.15) is 66.2 Å². The lowest BCUT2D eigenvalue weighted by molar-refractivity contribution is -0.146. The van der Waals surface area contributed by atoms with Gasteiger partial charge in [0.15, 0.2) is 0 Å². The fourth-order valence-electron chi connectivity index (χ4n) is 10.5. The summed E-state index contributed by atoms with van der Waals surface area (Å²) in [6, 6.07) is -3.99. The van der Waals surface area contributed by atoms with E-state index in [-0.39, 0.29) is 63.8 Å². The molecule has 2 fully saturated rings. The predicted octanol–water partition coefficient (Wildman–Crippen LogP) is -1.91. The van der Waals surface area contributed by atoms with Crippen LogP contribution in [-0.4, -0.2) is 214 Å². The molecule has 0 saturated carbocycles. The molecule has 95 heavy (non-hydrogen) atoms. The van der Waals surface area contributed by atoms with E-state index in [1.54, 1.807) is 13.8 Å². The SMILES string of the molecule is CC[C@H](C)[C@H](NC(=O)[C@@H]1CCCN1C(=O)[C@H](CCC(=O)O)NC(=O)[C@H](Cc1ccc(O)cc1)NC(=O)CCC(=O)O)C(=O)N1CCC[C@H]1C(=O)N[C@@H](CCC(=O)O)C(=O)N[C@@H](CCC(=O)O)C(=O)N[C@@H](C)C(=O)N[C@@H](Cc1ccc(N)cc1)C(=O)N[C@H](CCC(=O)O)C(=O)O. The molecule has 2 aliphatic heterocycles. The average molecular weight is 1340 g/mol. The maximum absolute atomic E-state index is 14.7. The van der Waals surface area contributed by atoms with Gasteiger partial charge in [0, 0.05) is 63.7 Å². The Balaban J connectivity index is 1.53. The van der Waals surface area contributed by atoms with Crippen molar-refractivity contribution in [2.45, 2.75) is 190 Å². The number of carboxylic acids is 6. The van der Waals surface area contributed by atoms with Crippen LogP contribution in [0.4, 0.5) is 5.69 Å². The highest BCUT2D eigenvalue weighted by atomic mass is 16.4. The zero-order valence-electron chi connectivity index (χ0n) is 52.5. The third-order valence-corrected chi connectivity index (χ3v) is 15.9. The molecule has 34 nitrogen and oxygen atoms in total. The first-order chi connectivity index (χ1) is 44.8. The molecule has 34 heteroatoms. The van der Waals surface area contributed by atoms with Gasteiger partial charge in [0.2, 0.25) is 59.1 Å². The van der Waals surface area contributed by atoms with E-state index in [2.05, 4.69) is 42.5 Å². The lowest BCUT2D eigenvalue weighted by atomic mass is 9.96. The number of nitrogen functional groups attached to an aromatic ring is 1. The molecular weight excluding hydrogens is 1250 g/mol. The van der Waals surface area contributed by atoms with Crippen LogP contribution < -0.4 is 48.3 Å². The Hall–Kier alpha value is -10.4. The number of rotatable bonds is 39. The van der Waals surface area contributed by atoms with E-state index in [1.807, 2.05) is 0 Å². The van der Waals surface area contributed by atoms with Crippen LogP contribution in [0, 0.1) is 5.92 Å². The van der Waals surface area contributed by atoms with Gasteiger partial charge in [0.25, 0.3) is 0 Å². The highest BCUT2D eigenvalue weighted by molar-refractivity contribution is 5.99. The summed E-state index contributed by atoms with van der Waals surface area (Å²) in [4.78, 5) is 212. The van der Waals surface area contributed by atoms with Crippen LogP contribution in [0.2, 0.25) is 0 Å². The summed E-state index contributed by atoms with van der Waals surface area (Å²) in [7, 11) is 0. The highest BCUT2D eigenvalue weighted by Gasteiger charge is 2.44. The molecule has 0 spiro atoms. The highest BCUT2D eigenvalue weighted by Crippen LogP contribution is 2.25. The second-order valence-corrected chi connectivity index (χ2v) is 23.2. The average Bonchev–Trinajstić information content (AvgIpc) is 1.74. The van der Waals surface area contributed by atoms with E-state index in [0.29, 0.717) is 16.8 Å². The van der Waals surface area contributed by atoms with Crippen molar-refractivity contribution in [2.75, 3.05) is 18.8 Å². The van der Waals surface area contributed by atoms with Crippen molar-refractivity contribution < 1.29 is 112 Å². The number of phenolic OH excluding ortho intramolecular Hbond substituents is 1. The number of carbonyl (C=O) groups is 16. The zero-order chi connectivity index (χ0) is 70.8. The molecular formula is C61H83N11O23. The van der Waals surface area contributed by atoms with Crippen LogP contribution in [0.5, 0.6) is 5.75 Å². The third kappa shape index (κ3) is 25.2. The van der Waals surface area contributed by atoms with Gasteiger partial charge < -0.3 is 93.8 Å². The van der Waals surface area contributed by atoms with Crippen molar-refractivity contribution in [3.63, 3.8) is 0 Å². The number of nitrogens with zero attached hydrogens (tertiary/aromatic N) is 2. The van der Waals surface area contributed by atoms with Crippen LogP contribution >= 0.6 is 0 Å². The van der Waals surface area contributed by atoms with Gasteiger partial charge in [-0.2, -0.15) is 0 Å². The Morgan fingerprint density at radius 1 is 0.453 bits per heavy atom. The second kappa shape index (κ2) is 37.3. The lowest BCUT2D eigenvalue weighted by Gasteiger charge is -2.34. The van der Waals surface area contributed by atoms with Crippen LogP contribution in [0.15, 0.2) is 48.5 Å². The topological polar surface area (TPSA) is 543 Å². The second-order valence-electron chi connectivity index (χ2n) is 23.2. The van der Waals surface area contributed by atoms with Gasteiger partial charge in [-0.3, -0.25) is 71.9 Å². The smallest absolute Gasteiger partial charge is 0.326 e. The fraction of sp³-hybridized carbons (Fsp3) is 0.541. The molecule has 2 aromatic rings. The number of aromatic hydroxyl groups is 1. The van der Waals surface area contributed by atoms with E-state index in [4.69, 9.17) is 15.9 Å². The van der Waals surface area contributed by atoms with Gasteiger partial charge in [-0.15, -0.1) is 0 Å². The quantitative estimate of drug-likeness (QED) is 0.0325. The van der Waals surface area contributed by atoms with Gasteiger partial charge >= 0.3 is 35.8 Å². The molecule has 2 aromatic carbocycles. The van der Waals surface area contributed by atoms with Crippen LogP contribution in [0.3, 0.4) is 0 Å². The monoisotopic (exact) mass is 1340 g/mol. The Morgan fingerprint density at radius 3 is 1.33 bits per heavy atom. The summed E-state index contributed by atoms with van der Waals surface area (Å²) in [5.74, 6) is -19.0. The van der Waals surface area contributed by atoms with Crippen LogP contribution in [0.1, 0.15) is 128 Å². The van der Waals surface area contributed by atoms with Crippen molar-refractivity contribution in [1.82, 2.24) is 52.3 Å². The van der Waals surface area contributed by atoms with Crippen molar-refractivity contribution in [2.24, 2.45) is 5.92 Å². The predicted molar refractivity (Wildman–Crippen MR) is 328 cm³/mol. The van der Waals surface area contributed by atoms with Crippen molar-refractivity contribution >= 4 is 101 Å². The first-order valence-corrected chi connectivity index (χ1v) is 30.8. The zero-order valence-corrected chi connectivity index (χ0v) is 52.5. The Morgan fingerprint density at radius 2 is 0.842 bits per heavy atom. The van der Waals surface area contributed by atoms with Crippen molar-refractivity contribution in [1.29, 1.82) is 0 Å². The van der Waals surface area contributed by atoms with Gasteiger partial charge in [-0.25, -0.2) is 4.79 Å². The summed E-state index contributed by atoms with van der Waals surface area (Å²) in [5, 5.41) is 86.0.